The summed E-state index contributed by atoms with van der Waals surface area (Å²) in [6.45, 7) is 7.42. The van der Waals surface area contributed by atoms with E-state index in [1.54, 1.807) is 0 Å². The fourth-order valence-corrected chi connectivity index (χ4v) is 4.39. The Morgan fingerprint density at radius 3 is 2.78 bits per heavy atom. The van der Waals surface area contributed by atoms with Crippen molar-refractivity contribution < 1.29 is 4.79 Å². The van der Waals surface area contributed by atoms with Crippen LogP contribution in [0.3, 0.4) is 0 Å². The van der Waals surface area contributed by atoms with Crippen LogP contribution in [-0.4, -0.2) is 41.5 Å². The molecule has 1 aliphatic heterocycles. The highest BCUT2D eigenvalue weighted by atomic mass is 16.1. The third kappa shape index (κ3) is 4.11. The monoisotopic (exact) mass is 365 g/mol. The molecule has 0 radical (unpaired) electrons. The lowest BCUT2D eigenvalue weighted by atomic mass is 9.95. The maximum Gasteiger partial charge on any atom is 0.251 e. The van der Waals surface area contributed by atoms with Crippen molar-refractivity contribution in [3.05, 3.63) is 46.7 Å². The van der Waals surface area contributed by atoms with Crippen LogP contribution < -0.4 is 5.32 Å². The molecule has 2 N–H and O–H groups in total. The van der Waals surface area contributed by atoms with E-state index in [0.29, 0.717) is 0 Å². The first-order valence-electron chi connectivity index (χ1n) is 10.4. The molecule has 0 bridgehead atoms. The minimum atomic E-state index is 0.0745. The van der Waals surface area contributed by atoms with Gasteiger partial charge in [-0.15, -0.1) is 0 Å². The number of carbonyl (C=O) groups is 1. The number of likely N-dealkylation sites (tertiary alicyclic amines) is 1. The zero-order valence-electron chi connectivity index (χ0n) is 16.6. The molecule has 0 spiro atoms. The van der Waals surface area contributed by atoms with Gasteiger partial charge >= 0.3 is 0 Å². The van der Waals surface area contributed by atoms with E-state index in [0.717, 1.165) is 50.9 Å². The van der Waals surface area contributed by atoms with Crippen molar-refractivity contribution in [3.63, 3.8) is 0 Å². The molecule has 1 aromatic carbocycles. The number of amides is 1. The van der Waals surface area contributed by atoms with Gasteiger partial charge in [0.2, 0.25) is 0 Å². The predicted molar refractivity (Wildman–Crippen MR) is 111 cm³/mol. The van der Waals surface area contributed by atoms with Crippen molar-refractivity contribution in [1.29, 1.82) is 0 Å². The van der Waals surface area contributed by atoms with Gasteiger partial charge in [-0.1, -0.05) is 11.6 Å². The number of nitrogens with zero attached hydrogens (tertiary/aromatic N) is 1. The molecule has 1 saturated heterocycles. The Bertz CT molecular complexity index is 852. The largest absolute Gasteiger partial charge is 0.358 e. The molecular weight excluding hydrogens is 334 g/mol. The molecule has 2 aromatic rings. The van der Waals surface area contributed by atoms with Crippen molar-refractivity contribution in [2.45, 2.75) is 58.4 Å². The first-order valence-corrected chi connectivity index (χ1v) is 10.4. The van der Waals surface area contributed by atoms with E-state index < -0.39 is 0 Å². The quantitative estimate of drug-likeness (QED) is 0.798. The number of piperidine rings is 1. The first kappa shape index (κ1) is 18.3. The van der Waals surface area contributed by atoms with Crippen LogP contribution in [0.5, 0.6) is 0 Å². The molecule has 1 aromatic heterocycles. The molecule has 4 nitrogen and oxygen atoms in total. The van der Waals surface area contributed by atoms with Crippen LogP contribution in [0, 0.1) is 0 Å². The maximum atomic E-state index is 12.8. The fraction of sp³-hybridized carbons (Fsp3) is 0.522. The van der Waals surface area contributed by atoms with E-state index >= 15 is 0 Å². The Kier molecular flexibility index (Phi) is 5.35. The molecule has 0 atom stereocenters. The Balaban J connectivity index is 1.39. The third-order valence-corrected chi connectivity index (χ3v) is 6.04. The Morgan fingerprint density at radius 2 is 2.00 bits per heavy atom. The number of hydrogen-bond donors (Lipinski definition) is 2. The number of rotatable bonds is 4. The Labute approximate surface area is 162 Å². The number of benzene rings is 1. The zero-order valence-corrected chi connectivity index (χ0v) is 16.6. The zero-order chi connectivity index (χ0) is 18.8. The van der Waals surface area contributed by atoms with E-state index in [9.17, 15) is 4.79 Å². The van der Waals surface area contributed by atoms with Gasteiger partial charge in [0, 0.05) is 47.8 Å². The van der Waals surface area contributed by atoms with Gasteiger partial charge in [-0.3, -0.25) is 9.69 Å². The van der Waals surface area contributed by atoms with Gasteiger partial charge in [-0.05, 0) is 76.1 Å². The van der Waals surface area contributed by atoms with Gasteiger partial charge in [0.1, 0.15) is 0 Å². The molecule has 4 rings (SSSR count). The molecule has 2 heterocycles. The lowest BCUT2D eigenvalue weighted by Gasteiger charge is -2.31. The van der Waals surface area contributed by atoms with Crippen molar-refractivity contribution in [2.24, 2.45) is 0 Å². The van der Waals surface area contributed by atoms with Crippen LogP contribution in [0.25, 0.3) is 10.9 Å². The first-order chi connectivity index (χ1) is 13.1. The molecule has 0 unspecified atom stereocenters. The third-order valence-electron chi connectivity index (χ3n) is 6.04. The summed E-state index contributed by atoms with van der Waals surface area (Å²) in [5.41, 5.74) is 6.14. The molecule has 2 aliphatic rings. The number of aromatic nitrogens is 1. The summed E-state index contributed by atoms with van der Waals surface area (Å²) >= 11 is 0. The number of nitrogens with one attached hydrogen (secondary N) is 2. The molecule has 0 saturated carbocycles. The lowest BCUT2D eigenvalue weighted by molar-refractivity contribution is 0.0914. The topological polar surface area (TPSA) is 48.1 Å². The number of allylic oxidation sites excluding steroid dienone is 1. The lowest BCUT2D eigenvalue weighted by Crippen LogP contribution is -2.44. The van der Waals surface area contributed by atoms with E-state index in [1.807, 2.05) is 6.07 Å². The van der Waals surface area contributed by atoms with Crippen molar-refractivity contribution in [2.75, 3.05) is 19.6 Å². The van der Waals surface area contributed by atoms with Gasteiger partial charge in [-0.25, -0.2) is 0 Å². The molecular formula is C23H31N3O. The fourth-order valence-electron chi connectivity index (χ4n) is 4.39. The molecule has 1 aliphatic carbocycles. The van der Waals surface area contributed by atoms with Crippen LogP contribution in [-0.2, 0) is 12.8 Å². The second-order valence-corrected chi connectivity index (χ2v) is 8.38. The van der Waals surface area contributed by atoms with Crippen molar-refractivity contribution >= 4 is 16.8 Å². The summed E-state index contributed by atoms with van der Waals surface area (Å²) in [7, 11) is 0. The average Bonchev–Trinajstić information content (AvgIpc) is 3.05. The van der Waals surface area contributed by atoms with Crippen LogP contribution in [0.1, 0.15) is 61.1 Å². The maximum absolute atomic E-state index is 12.8. The second-order valence-electron chi connectivity index (χ2n) is 8.38. The molecule has 144 valence electrons. The smallest absolute Gasteiger partial charge is 0.251 e. The Morgan fingerprint density at radius 1 is 1.22 bits per heavy atom. The molecule has 1 amide bonds. The van der Waals surface area contributed by atoms with E-state index in [1.165, 1.54) is 40.6 Å². The minimum Gasteiger partial charge on any atom is -0.358 e. The second kappa shape index (κ2) is 7.89. The van der Waals surface area contributed by atoms with Gasteiger partial charge in [-0.2, -0.15) is 0 Å². The summed E-state index contributed by atoms with van der Waals surface area (Å²) < 4.78 is 0. The van der Waals surface area contributed by atoms with Crippen molar-refractivity contribution in [1.82, 2.24) is 15.2 Å². The van der Waals surface area contributed by atoms with Crippen LogP contribution in [0.4, 0.5) is 0 Å². The number of carbonyl (C=O) groups excluding carboxylic acids is 1. The Hall–Kier alpha value is -2.07. The SMILES string of the molecule is CC(C)=CCN1CCC(NC(=O)c2ccc3[nH]c4c(c3c2)CCCC4)CC1. The van der Waals surface area contributed by atoms with Crippen LogP contribution in [0.15, 0.2) is 29.8 Å². The number of fused-ring (bicyclic) bond motifs is 3. The highest BCUT2D eigenvalue weighted by Crippen LogP contribution is 2.29. The normalized spacial score (nSPS) is 18.3. The number of H-pyrrole nitrogens is 1. The van der Waals surface area contributed by atoms with Crippen LogP contribution in [0.2, 0.25) is 0 Å². The highest BCUT2D eigenvalue weighted by molar-refractivity contribution is 5.99. The number of aryl methyl sites for hydroxylation is 2. The summed E-state index contributed by atoms with van der Waals surface area (Å²) in [5, 5.41) is 4.51. The van der Waals surface area contributed by atoms with E-state index in [-0.39, 0.29) is 11.9 Å². The van der Waals surface area contributed by atoms with Gasteiger partial charge in [0.15, 0.2) is 0 Å². The molecule has 27 heavy (non-hydrogen) atoms. The van der Waals surface area contributed by atoms with E-state index in [2.05, 4.69) is 47.3 Å². The standard InChI is InChI=1S/C23H31N3O/c1-16(2)9-12-26-13-10-18(11-14-26)24-23(27)17-7-8-22-20(15-17)19-5-3-4-6-21(19)25-22/h7-9,15,18,25H,3-6,10-14H2,1-2H3,(H,24,27). The summed E-state index contributed by atoms with van der Waals surface area (Å²) in [6.07, 6.45) is 9.13. The molecule has 4 heteroatoms. The van der Waals surface area contributed by atoms with Gasteiger partial charge < -0.3 is 10.3 Å². The van der Waals surface area contributed by atoms with Gasteiger partial charge in [0.05, 0.1) is 0 Å². The number of hydrogen-bond acceptors (Lipinski definition) is 2. The predicted octanol–water partition coefficient (Wildman–Crippen LogP) is 4.21. The van der Waals surface area contributed by atoms with Crippen LogP contribution >= 0.6 is 0 Å². The molecule has 1 fully saturated rings. The van der Waals surface area contributed by atoms with E-state index in [4.69, 9.17) is 0 Å². The summed E-state index contributed by atoms with van der Waals surface area (Å²) in [4.78, 5) is 18.8. The number of aromatic amines is 1. The van der Waals surface area contributed by atoms with Gasteiger partial charge in [0.25, 0.3) is 5.91 Å². The average molecular weight is 366 g/mol. The summed E-state index contributed by atoms with van der Waals surface area (Å²) in [6, 6.07) is 6.42. The highest BCUT2D eigenvalue weighted by Gasteiger charge is 2.21. The summed E-state index contributed by atoms with van der Waals surface area (Å²) in [5.74, 6) is 0.0745. The minimum absolute atomic E-state index is 0.0745. The van der Waals surface area contributed by atoms with Crippen molar-refractivity contribution in [3.8, 4) is 0 Å².